The normalized spacial score (nSPS) is 14.6. The first kappa shape index (κ1) is 20.3. The van der Waals surface area contributed by atoms with Gasteiger partial charge in [-0.25, -0.2) is 0 Å². The lowest BCUT2D eigenvalue weighted by molar-refractivity contribution is 0.0686. The summed E-state index contributed by atoms with van der Waals surface area (Å²) in [6.45, 7) is 1.68. The summed E-state index contributed by atoms with van der Waals surface area (Å²) in [6.07, 6.45) is 6.13. The molecular formula is C26H28N2O2. The number of hydrogen-bond donors (Lipinski definition) is 1. The second-order valence-corrected chi connectivity index (χ2v) is 8.05. The van der Waals surface area contributed by atoms with E-state index in [0.717, 1.165) is 49.2 Å². The molecule has 1 saturated heterocycles. The Morgan fingerprint density at radius 3 is 2.30 bits per heavy atom. The predicted octanol–water partition coefficient (Wildman–Crippen LogP) is 4.73. The second kappa shape index (κ2) is 9.68. The molecule has 1 amide bonds. The van der Waals surface area contributed by atoms with Crippen LogP contribution in [0.15, 0.2) is 72.9 Å². The van der Waals surface area contributed by atoms with Crippen LogP contribution in [0.5, 0.6) is 0 Å². The highest BCUT2D eigenvalue weighted by Crippen LogP contribution is 2.24. The number of aromatic nitrogens is 1. The van der Waals surface area contributed by atoms with Gasteiger partial charge in [0.2, 0.25) is 0 Å². The third-order valence-corrected chi connectivity index (χ3v) is 6.03. The van der Waals surface area contributed by atoms with Crippen molar-refractivity contribution in [1.82, 2.24) is 9.88 Å². The quantitative estimate of drug-likeness (QED) is 0.651. The minimum Gasteiger partial charge on any atom is -0.392 e. The molecule has 0 unspecified atom stereocenters. The molecule has 154 valence electrons. The number of aryl methyl sites for hydroxylation is 1. The number of pyridine rings is 1. The van der Waals surface area contributed by atoms with Gasteiger partial charge in [-0.2, -0.15) is 0 Å². The molecule has 4 nitrogen and oxygen atoms in total. The molecule has 0 aliphatic carbocycles. The van der Waals surface area contributed by atoms with Crippen LogP contribution in [0.2, 0.25) is 0 Å². The van der Waals surface area contributed by atoms with Crippen LogP contribution in [0.3, 0.4) is 0 Å². The van der Waals surface area contributed by atoms with Crippen LogP contribution in [-0.4, -0.2) is 34.0 Å². The largest absolute Gasteiger partial charge is 0.392 e. The van der Waals surface area contributed by atoms with E-state index in [1.54, 1.807) is 6.20 Å². The minimum atomic E-state index is 0.0318. The maximum absolute atomic E-state index is 12.9. The van der Waals surface area contributed by atoms with Gasteiger partial charge in [-0.3, -0.25) is 9.78 Å². The number of aliphatic hydroxyl groups excluding tert-OH is 1. The number of piperidine rings is 1. The van der Waals surface area contributed by atoms with E-state index in [1.807, 2.05) is 41.3 Å². The number of rotatable bonds is 6. The average Bonchev–Trinajstić information content (AvgIpc) is 2.83. The summed E-state index contributed by atoms with van der Waals surface area (Å²) in [6, 6.07) is 22.1. The van der Waals surface area contributed by atoms with Gasteiger partial charge < -0.3 is 10.0 Å². The standard InChI is InChI=1S/C26H28N2O2/c29-19-22-8-10-23(11-9-22)25-13-12-24(18-27-25)26(30)28-16-14-21(15-17-28)7-6-20-4-2-1-3-5-20/h1-5,8-13,18,21,29H,6-7,14-17,19H2. The fourth-order valence-corrected chi connectivity index (χ4v) is 4.09. The van der Waals surface area contributed by atoms with Crippen molar-refractivity contribution in [2.45, 2.75) is 32.3 Å². The van der Waals surface area contributed by atoms with Gasteiger partial charge in [0.1, 0.15) is 0 Å². The van der Waals surface area contributed by atoms with Crippen molar-refractivity contribution in [3.8, 4) is 11.3 Å². The molecule has 3 aromatic rings. The van der Waals surface area contributed by atoms with Gasteiger partial charge in [0.25, 0.3) is 5.91 Å². The number of amides is 1. The number of nitrogens with zero attached hydrogens (tertiary/aromatic N) is 2. The van der Waals surface area contributed by atoms with Crippen molar-refractivity contribution in [3.05, 3.63) is 89.6 Å². The first-order valence-electron chi connectivity index (χ1n) is 10.7. The van der Waals surface area contributed by atoms with Crippen molar-refractivity contribution in [2.24, 2.45) is 5.92 Å². The van der Waals surface area contributed by atoms with E-state index >= 15 is 0 Å². The van der Waals surface area contributed by atoms with Gasteiger partial charge in [-0.1, -0.05) is 54.6 Å². The predicted molar refractivity (Wildman–Crippen MR) is 119 cm³/mol. The molecule has 0 bridgehead atoms. The molecular weight excluding hydrogens is 372 g/mol. The zero-order valence-electron chi connectivity index (χ0n) is 17.2. The summed E-state index contributed by atoms with van der Waals surface area (Å²) in [7, 11) is 0. The van der Waals surface area contributed by atoms with Crippen LogP contribution in [0, 0.1) is 5.92 Å². The van der Waals surface area contributed by atoms with Gasteiger partial charge in [0.15, 0.2) is 0 Å². The Morgan fingerprint density at radius 1 is 0.933 bits per heavy atom. The molecule has 0 atom stereocenters. The lowest BCUT2D eigenvalue weighted by Gasteiger charge is -2.32. The van der Waals surface area contributed by atoms with Crippen molar-refractivity contribution < 1.29 is 9.90 Å². The Hall–Kier alpha value is -2.98. The van der Waals surface area contributed by atoms with Gasteiger partial charge in [-0.15, -0.1) is 0 Å². The van der Waals surface area contributed by atoms with E-state index in [4.69, 9.17) is 5.11 Å². The van der Waals surface area contributed by atoms with E-state index in [-0.39, 0.29) is 12.5 Å². The first-order chi connectivity index (χ1) is 14.7. The number of carbonyl (C=O) groups excluding carboxylic acids is 1. The number of aliphatic hydroxyl groups is 1. The number of benzene rings is 2. The molecule has 1 fully saturated rings. The average molecular weight is 401 g/mol. The lowest BCUT2D eigenvalue weighted by atomic mass is 9.90. The van der Waals surface area contributed by atoms with E-state index in [2.05, 4.69) is 35.3 Å². The highest BCUT2D eigenvalue weighted by molar-refractivity contribution is 5.94. The van der Waals surface area contributed by atoms with Crippen LogP contribution in [-0.2, 0) is 13.0 Å². The third kappa shape index (κ3) is 4.95. The van der Waals surface area contributed by atoms with E-state index in [9.17, 15) is 4.79 Å². The summed E-state index contributed by atoms with van der Waals surface area (Å²) in [5, 5.41) is 9.16. The van der Waals surface area contributed by atoms with Crippen molar-refractivity contribution in [2.75, 3.05) is 13.1 Å². The van der Waals surface area contributed by atoms with Crippen LogP contribution < -0.4 is 0 Å². The van der Waals surface area contributed by atoms with Gasteiger partial charge in [0, 0.05) is 24.8 Å². The van der Waals surface area contributed by atoms with Crippen LogP contribution in [0.1, 0.15) is 40.7 Å². The third-order valence-electron chi connectivity index (χ3n) is 6.03. The number of hydrogen-bond acceptors (Lipinski definition) is 3. The molecule has 1 aliphatic rings. The van der Waals surface area contributed by atoms with E-state index < -0.39 is 0 Å². The molecule has 4 heteroatoms. The summed E-state index contributed by atoms with van der Waals surface area (Å²) in [4.78, 5) is 19.3. The fourth-order valence-electron chi connectivity index (χ4n) is 4.09. The van der Waals surface area contributed by atoms with Crippen LogP contribution >= 0.6 is 0 Å². The monoisotopic (exact) mass is 400 g/mol. The molecule has 1 aliphatic heterocycles. The molecule has 4 rings (SSSR count). The van der Waals surface area contributed by atoms with Gasteiger partial charge >= 0.3 is 0 Å². The van der Waals surface area contributed by atoms with Gasteiger partial charge in [-0.05, 0) is 54.9 Å². The Morgan fingerprint density at radius 2 is 1.67 bits per heavy atom. The number of carbonyl (C=O) groups is 1. The van der Waals surface area contributed by atoms with E-state index in [1.165, 1.54) is 12.0 Å². The smallest absolute Gasteiger partial charge is 0.255 e. The fraction of sp³-hybridized carbons (Fsp3) is 0.308. The summed E-state index contributed by atoms with van der Waals surface area (Å²) >= 11 is 0. The SMILES string of the molecule is O=C(c1ccc(-c2ccc(CO)cc2)nc1)N1CCC(CCc2ccccc2)CC1. The highest BCUT2D eigenvalue weighted by atomic mass is 16.3. The van der Waals surface area contributed by atoms with Crippen molar-refractivity contribution in [1.29, 1.82) is 0 Å². The Labute approximate surface area is 178 Å². The second-order valence-electron chi connectivity index (χ2n) is 8.05. The maximum Gasteiger partial charge on any atom is 0.255 e. The first-order valence-corrected chi connectivity index (χ1v) is 10.7. The molecule has 30 heavy (non-hydrogen) atoms. The summed E-state index contributed by atoms with van der Waals surface area (Å²) in [5.74, 6) is 0.767. The Balaban J connectivity index is 1.30. The summed E-state index contributed by atoms with van der Waals surface area (Å²) in [5.41, 5.74) is 4.72. The van der Waals surface area contributed by atoms with Gasteiger partial charge in [0.05, 0.1) is 17.9 Å². The summed E-state index contributed by atoms with van der Waals surface area (Å²) < 4.78 is 0. The molecule has 0 saturated carbocycles. The van der Waals surface area contributed by atoms with Crippen molar-refractivity contribution in [3.63, 3.8) is 0 Å². The van der Waals surface area contributed by atoms with Crippen molar-refractivity contribution >= 4 is 5.91 Å². The molecule has 2 aromatic carbocycles. The topological polar surface area (TPSA) is 53.4 Å². The van der Waals surface area contributed by atoms with Crippen LogP contribution in [0.4, 0.5) is 0 Å². The van der Waals surface area contributed by atoms with Crippen LogP contribution in [0.25, 0.3) is 11.3 Å². The molecule has 2 heterocycles. The maximum atomic E-state index is 12.9. The zero-order valence-corrected chi connectivity index (χ0v) is 17.2. The molecule has 0 radical (unpaired) electrons. The molecule has 1 aromatic heterocycles. The molecule has 0 spiro atoms. The number of likely N-dealkylation sites (tertiary alicyclic amines) is 1. The minimum absolute atomic E-state index is 0.0318. The Kier molecular flexibility index (Phi) is 6.55. The zero-order chi connectivity index (χ0) is 20.8. The molecule has 1 N–H and O–H groups in total. The highest BCUT2D eigenvalue weighted by Gasteiger charge is 2.23. The lowest BCUT2D eigenvalue weighted by Crippen LogP contribution is -2.38. The Bertz CT molecular complexity index is 945. The van der Waals surface area contributed by atoms with E-state index in [0.29, 0.717) is 11.5 Å².